The zero-order chi connectivity index (χ0) is 18.0. The molecule has 3 aliphatic rings. The van der Waals surface area contributed by atoms with E-state index in [0.717, 1.165) is 44.9 Å². The Morgan fingerprint density at radius 3 is 2.81 bits per heavy atom. The quantitative estimate of drug-likeness (QED) is 0.722. The molecule has 0 radical (unpaired) electrons. The minimum atomic E-state index is -0.465. The Bertz CT molecular complexity index is 579. The van der Waals surface area contributed by atoms with Crippen molar-refractivity contribution in [1.82, 2.24) is 0 Å². The van der Waals surface area contributed by atoms with Gasteiger partial charge in [-0.05, 0) is 19.3 Å². The highest BCUT2D eigenvalue weighted by atomic mass is 16.8. The van der Waals surface area contributed by atoms with Crippen LogP contribution in [0.1, 0.15) is 64.1 Å². The molecule has 3 fully saturated rings. The lowest BCUT2D eigenvalue weighted by atomic mass is 9.94. The predicted octanol–water partition coefficient (Wildman–Crippen LogP) is 4.16. The summed E-state index contributed by atoms with van der Waals surface area (Å²) in [7, 11) is 1.63. The van der Waals surface area contributed by atoms with Gasteiger partial charge in [-0.1, -0.05) is 26.2 Å². The van der Waals surface area contributed by atoms with E-state index in [0.29, 0.717) is 18.1 Å². The summed E-state index contributed by atoms with van der Waals surface area (Å²) in [5.74, 6) is 0.933. The van der Waals surface area contributed by atoms with Gasteiger partial charge >= 0.3 is 0 Å². The van der Waals surface area contributed by atoms with Crippen LogP contribution in [0.2, 0.25) is 0 Å². The van der Waals surface area contributed by atoms with Crippen molar-refractivity contribution in [2.45, 2.75) is 95.3 Å². The summed E-state index contributed by atoms with van der Waals surface area (Å²) in [5, 5.41) is 0. The van der Waals surface area contributed by atoms with E-state index in [9.17, 15) is 0 Å². The normalized spacial score (nSPS) is 32.8. The third-order valence-corrected chi connectivity index (χ3v) is 5.74. The molecule has 6 nitrogen and oxygen atoms in total. The maximum absolute atomic E-state index is 6.43. The number of methoxy groups -OCH3 is 1. The number of fused-ring (bicyclic) bond motifs is 1. The van der Waals surface area contributed by atoms with E-state index in [1.165, 1.54) is 6.42 Å². The molecule has 1 aliphatic carbocycles. The molecular weight excluding hydrogens is 336 g/mol. The Labute approximate surface area is 155 Å². The molecule has 0 N–H and O–H groups in total. The van der Waals surface area contributed by atoms with Crippen LogP contribution >= 0.6 is 0 Å². The zero-order valence-electron chi connectivity index (χ0n) is 15.8. The van der Waals surface area contributed by atoms with Gasteiger partial charge < -0.3 is 28.1 Å². The van der Waals surface area contributed by atoms with E-state index in [2.05, 4.69) is 6.92 Å². The number of ether oxygens (including phenoxy) is 5. The Morgan fingerprint density at radius 1 is 1.19 bits per heavy atom. The highest BCUT2D eigenvalue weighted by Crippen LogP contribution is 2.46. The molecule has 2 saturated heterocycles. The summed E-state index contributed by atoms with van der Waals surface area (Å²) in [5.41, 5.74) is 0. The van der Waals surface area contributed by atoms with E-state index in [-0.39, 0.29) is 24.6 Å². The second-order valence-corrected chi connectivity index (χ2v) is 7.54. The highest BCUT2D eigenvalue weighted by molar-refractivity contribution is 5.23. The predicted molar refractivity (Wildman–Crippen MR) is 93.8 cm³/mol. The Morgan fingerprint density at radius 2 is 2.04 bits per heavy atom. The third-order valence-electron chi connectivity index (χ3n) is 5.74. The lowest BCUT2D eigenvalue weighted by Crippen LogP contribution is -2.40. The topological polar surface area (TPSA) is 59.3 Å². The van der Waals surface area contributed by atoms with Crippen LogP contribution in [0.15, 0.2) is 16.7 Å². The summed E-state index contributed by atoms with van der Waals surface area (Å²) in [6, 6.07) is 1.80. The molecule has 0 bridgehead atoms. The average molecular weight is 366 g/mol. The monoisotopic (exact) mass is 366 g/mol. The van der Waals surface area contributed by atoms with Crippen LogP contribution in [0.5, 0.6) is 5.75 Å². The van der Waals surface area contributed by atoms with Crippen LogP contribution < -0.4 is 4.74 Å². The van der Waals surface area contributed by atoms with Gasteiger partial charge in [0, 0.05) is 18.9 Å². The molecule has 4 rings (SSSR count). The van der Waals surface area contributed by atoms with Crippen molar-refractivity contribution in [2.75, 3.05) is 7.11 Å². The van der Waals surface area contributed by atoms with Crippen molar-refractivity contribution in [3.05, 3.63) is 18.1 Å². The lowest BCUT2D eigenvalue weighted by Gasteiger charge is -2.34. The van der Waals surface area contributed by atoms with Gasteiger partial charge in [0.2, 0.25) is 0 Å². The molecule has 6 heteroatoms. The standard InChI is InChI=1S/C20H30O6/c1-3-4-8-15-17(23-13-16-14(21-2)9-12-22-16)18-19(24-15)26-20(25-18)10-6-5-7-11-20/h9,12,15,17-19H,3-8,10-11,13H2,1-2H3/t15-,17+,18-,19-/m1/s1. The molecule has 1 saturated carbocycles. The SMILES string of the molecule is CCCC[C@H]1O[C@@H]2OC3(CCCCC3)O[C@@H]2[C@H]1OCc1occc1OC. The van der Waals surface area contributed by atoms with Crippen LogP contribution in [0, 0.1) is 0 Å². The number of furan rings is 1. The fourth-order valence-corrected chi connectivity index (χ4v) is 4.35. The molecular formula is C20H30O6. The fraction of sp³-hybridized carbons (Fsp3) is 0.800. The molecule has 4 atom stereocenters. The van der Waals surface area contributed by atoms with Crippen molar-refractivity contribution >= 4 is 0 Å². The van der Waals surface area contributed by atoms with Crippen LogP contribution in [0.4, 0.5) is 0 Å². The van der Waals surface area contributed by atoms with Gasteiger partial charge in [0.15, 0.2) is 23.6 Å². The minimum Gasteiger partial charge on any atom is -0.493 e. The maximum Gasteiger partial charge on any atom is 0.190 e. The van der Waals surface area contributed by atoms with Crippen LogP contribution in [0.25, 0.3) is 0 Å². The summed E-state index contributed by atoms with van der Waals surface area (Å²) in [6.45, 7) is 2.52. The Balaban J connectivity index is 1.45. The van der Waals surface area contributed by atoms with Gasteiger partial charge in [-0.2, -0.15) is 0 Å². The molecule has 1 aromatic heterocycles. The minimum absolute atomic E-state index is 0.00755. The van der Waals surface area contributed by atoms with Crippen LogP contribution in [0.3, 0.4) is 0 Å². The van der Waals surface area contributed by atoms with E-state index in [1.807, 2.05) is 0 Å². The summed E-state index contributed by atoms with van der Waals surface area (Å²) in [4.78, 5) is 0. The van der Waals surface area contributed by atoms with Gasteiger partial charge in [-0.25, -0.2) is 0 Å². The molecule has 0 amide bonds. The summed E-state index contributed by atoms with van der Waals surface area (Å²) >= 11 is 0. The first-order chi connectivity index (χ1) is 12.7. The second-order valence-electron chi connectivity index (χ2n) is 7.54. The number of rotatable bonds is 7. The maximum atomic E-state index is 6.43. The van der Waals surface area contributed by atoms with Gasteiger partial charge in [0.1, 0.15) is 18.8 Å². The highest BCUT2D eigenvalue weighted by Gasteiger charge is 2.58. The average Bonchev–Trinajstić information content (AvgIpc) is 3.32. The number of hydrogen-bond donors (Lipinski definition) is 0. The van der Waals surface area contributed by atoms with E-state index >= 15 is 0 Å². The molecule has 0 unspecified atom stereocenters. The molecule has 3 heterocycles. The van der Waals surface area contributed by atoms with Crippen LogP contribution in [-0.4, -0.2) is 37.5 Å². The van der Waals surface area contributed by atoms with Crippen molar-refractivity contribution in [1.29, 1.82) is 0 Å². The summed E-state index contributed by atoms with van der Waals surface area (Å²) in [6.07, 6.45) is 9.57. The Kier molecular flexibility index (Phi) is 5.55. The van der Waals surface area contributed by atoms with Crippen molar-refractivity contribution < 1.29 is 28.1 Å². The molecule has 0 aromatic carbocycles. The van der Waals surface area contributed by atoms with Gasteiger partial charge in [0.05, 0.1) is 19.5 Å². The largest absolute Gasteiger partial charge is 0.493 e. The first-order valence-corrected chi connectivity index (χ1v) is 9.98. The molecule has 2 aliphatic heterocycles. The summed E-state index contributed by atoms with van der Waals surface area (Å²) < 4.78 is 36.0. The van der Waals surface area contributed by atoms with Crippen molar-refractivity contribution in [3.8, 4) is 5.75 Å². The molecule has 146 valence electrons. The third kappa shape index (κ3) is 3.52. The number of hydrogen-bond acceptors (Lipinski definition) is 6. The molecule has 26 heavy (non-hydrogen) atoms. The Hall–Kier alpha value is -1.08. The lowest BCUT2D eigenvalue weighted by molar-refractivity contribution is -0.249. The van der Waals surface area contributed by atoms with E-state index in [4.69, 9.17) is 28.1 Å². The van der Waals surface area contributed by atoms with Crippen LogP contribution in [-0.2, 0) is 25.6 Å². The first kappa shape index (κ1) is 18.3. The number of unbranched alkanes of at least 4 members (excludes halogenated alkanes) is 1. The van der Waals surface area contributed by atoms with Crippen molar-refractivity contribution in [3.63, 3.8) is 0 Å². The van der Waals surface area contributed by atoms with E-state index < -0.39 is 5.79 Å². The van der Waals surface area contributed by atoms with Gasteiger partial charge in [0.25, 0.3) is 0 Å². The second kappa shape index (κ2) is 7.89. The van der Waals surface area contributed by atoms with Crippen molar-refractivity contribution in [2.24, 2.45) is 0 Å². The van der Waals surface area contributed by atoms with Gasteiger partial charge in [-0.15, -0.1) is 0 Å². The van der Waals surface area contributed by atoms with E-state index in [1.54, 1.807) is 19.4 Å². The fourth-order valence-electron chi connectivity index (χ4n) is 4.35. The molecule has 1 aromatic rings. The first-order valence-electron chi connectivity index (χ1n) is 9.98. The zero-order valence-corrected chi connectivity index (χ0v) is 15.8. The smallest absolute Gasteiger partial charge is 0.190 e. The molecule has 1 spiro atoms. The van der Waals surface area contributed by atoms with Gasteiger partial charge in [-0.3, -0.25) is 0 Å².